The second-order valence-electron chi connectivity index (χ2n) is 6.35. The van der Waals surface area contributed by atoms with Crippen LogP contribution >= 0.6 is 35.2 Å². The van der Waals surface area contributed by atoms with Crippen molar-refractivity contribution in [2.24, 2.45) is 0 Å². The molecule has 7 heteroatoms. The van der Waals surface area contributed by atoms with E-state index in [1.807, 2.05) is 66.7 Å². The number of carbonyl (C=O) groups is 1. The minimum absolute atomic E-state index is 0.172. The number of aromatic nitrogens is 1. The van der Waals surface area contributed by atoms with Crippen molar-refractivity contribution >= 4 is 62.1 Å². The van der Waals surface area contributed by atoms with Crippen molar-refractivity contribution < 1.29 is 4.79 Å². The second-order valence-corrected chi connectivity index (χ2v) is 8.19. The molecule has 144 valence electrons. The van der Waals surface area contributed by atoms with Gasteiger partial charge < -0.3 is 10.6 Å². The van der Waals surface area contributed by atoms with Gasteiger partial charge in [0.2, 0.25) is 5.91 Å². The van der Waals surface area contributed by atoms with E-state index in [-0.39, 0.29) is 17.4 Å². The number of carbonyl (C=O) groups excluding carboxylic acids is 1. The zero-order valence-corrected chi connectivity index (χ0v) is 17.6. The van der Waals surface area contributed by atoms with Gasteiger partial charge in [-0.25, -0.2) is 4.98 Å². The number of nitrogens with one attached hydrogen (secondary N) is 2. The smallest absolute Gasteiger partial charge is 0.230 e. The molecular formula is C22H16ClN3OS2. The molecule has 0 saturated heterocycles. The molecule has 3 aromatic carbocycles. The van der Waals surface area contributed by atoms with Crippen LogP contribution in [0.15, 0.2) is 72.8 Å². The molecule has 0 atom stereocenters. The van der Waals surface area contributed by atoms with Crippen LogP contribution in [0.2, 0.25) is 5.02 Å². The Hall–Kier alpha value is -2.80. The van der Waals surface area contributed by atoms with Crippen molar-refractivity contribution in [2.45, 2.75) is 6.42 Å². The molecule has 0 aliphatic carbocycles. The van der Waals surface area contributed by atoms with Gasteiger partial charge in [-0.2, -0.15) is 0 Å². The fourth-order valence-electron chi connectivity index (χ4n) is 2.87. The van der Waals surface area contributed by atoms with Crippen LogP contribution in [0.1, 0.15) is 5.56 Å². The van der Waals surface area contributed by atoms with E-state index >= 15 is 0 Å². The van der Waals surface area contributed by atoms with Crippen LogP contribution in [0.25, 0.3) is 20.8 Å². The third-order valence-electron chi connectivity index (χ3n) is 4.21. The highest BCUT2D eigenvalue weighted by Gasteiger charge is 2.12. The van der Waals surface area contributed by atoms with Crippen molar-refractivity contribution in [2.75, 3.05) is 5.32 Å². The summed E-state index contributed by atoms with van der Waals surface area (Å²) in [5.74, 6) is -0.172. The van der Waals surface area contributed by atoms with Crippen molar-refractivity contribution in [3.05, 3.63) is 83.4 Å². The van der Waals surface area contributed by atoms with E-state index < -0.39 is 0 Å². The van der Waals surface area contributed by atoms with Gasteiger partial charge in [0.05, 0.1) is 21.7 Å². The van der Waals surface area contributed by atoms with E-state index in [9.17, 15) is 4.79 Å². The van der Waals surface area contributed by atoms with Crippen molar-refractivity contribution in [1.82, 2.24) is 10.3 Å². The Labute approximate surface area is 182 Å². The Morgan fingerprint density at radius 3 is 2.59 bits per heavy atom. The van der Waals surface area contributed by atoms with Gasteiger partial charge in [-0.1, -0.05) is 54.1 Å². The first kappa shape index (κ1) is 19.5. The first-order valence-corrected chi connectivity index (χ1v) is 10.5. The number of fused-ring (bicyclic) bond motifs is 1. The molecule has 29 heavy (non-hydrogen) atoms. The Balaban J connectivity index is 1.47. The summed E-state index contributed by atoms with van der Waals surface area (Å²) in [5, 5.41) is 7.43. The maximum absolute atomic E-state index is 12.2. The number of thiazole rings is 1. The Kier molecular flexibility index (Phi) is 5.85. The number of halogens is 1. The molecule has 1 amide bonds. The van der Waals surface area contributed by atoms with Crippen molar-refractivity contribution in [3.63, 3.8) is 0 Å². The van der Waals surface area contributed by atoms with Gasteiger partial charge in [-0.05, 0) is 48.1 Å². The van der Waals surface area contributed by atoms with Crippen molar-refractivity contribution in [3.8, 4) is 10.6 Å². The first-order chi connectivity index (χ1) is 14.1. The maximum atomic E-state index is 12.2. The Morgan fingerprint density at radius 1 is 1.03 bits per heavy atom. The average molecular weight is 438 g/mol. The van der Waals surface area contributed by atoms with E-state index in [2.05, 4.69) is 15.6 Å². The molecule has 0 spiro atoms. The van der Waals surface area contributed by atoms with E-state index in [0.717, 1.165) is 32.0 Å². The summed E-state index contributed by atoms with van der Waals surface area (Å²) in [6.45, 7) is 0. The van der Waals surface area contributed by atoms with Crippen LogP contribution in [0.4, 0.5) is 5.69 Å². The zero-order chi connectivity index (χ0) is 20.2. The fourth-order valence-corrected chi connectivity index (χ4v) is 4.36. The van der Waals surface area contributed by atoms with Gasteiger partial charge in [0.15, 0.2) is 5.11 Å². The lowest BCUT2D eigenvalue weighted by Gasteiger charge is -2.11. The van der Waals surface area contributed by atoms with E-state index in [4.69, 9.17) is 23.8 Å². The number of rotatable bonds is 4. The SMILES string of the molecule is O=C(Cc1ccccc1)NC(=S)Nc1ccc(Cl)c(-c2nc3ccccc3s2)c1. The molecule has 0 fully saturated rings. The number of hydrogen-bond acceptors (Lipinski definition) is 4. The predicted octanol–water partition coefficient (Wildman–Crippen LogP) is 5.67. The number of amides is 1. The molecular weight excluding hydrogens is 422 g/mol. The van der Waals surface area contributed by atoms with Crippen LogP contribution in [0.5, 0.6) is 0 Å². The summed E-state index contributed by atoms with van der Waals surface area (Å²) in [6.07, 6.45) is 0.264. The molecule has 2 N–H and O–H groups in total. The highest BCUT2D eigenvalue weighted by molar-refractivity contribution is 7.80. The van der Waals surface area contributed by atoms with E-state index in [1.54, 1.807) is 17.4 Å². The van der Waals surface area contributed by atoms with Crippen LogP contribution in [-0.2, 0) is 11.2 Å². The third-order valence-corrected chi connectivity index (χ3v) is 5.81. The minimum Gasteiger partial charge on any atom is -0.332 e. The Morgan fingerprint density at radius 2 is 1.79 bits per heavy atom. The molecule has 0 bridgehead atoms. The van der Waals surface area contributed by atoms with Gasteiger partial charge in [0, 0.05) is 11.3 Å². The molecule has 4 nitrogen and oxygen atoms in total. The van der Waals surface area contributed by atoms with Gasteiger partial charge in [0.1, 0.15) is 5.01 Å². The molecule has 4 rings (SSSR count). The summed E-state index contributed by atoms with van der Waals surface area (Å²) in [4.78, 5) is 16.8. The zero-order valence-electron chi connectivity index (χ0n) is 15.2. The lowest BCUT2D eigenvalue weighted by Crippen LogP contribution is -2.35. The molecule has 0 saturated carbocycles. The number of thiocarbonyl (C=S) groups is 1. The Bertz CT molecular complexity index is 1160. The summed E-state index contributed by atoms with van der Waals surface area (Å²) < 4.78 is 1.10. The highest BCUT2D eigenvalue weighted by Crippen LogP contribution is 2.35. The summed E-state index contributed by atoms with van der Waals surface area (Å²) >= 11 is 13.3. The molecule has 0 aliphatic rings. The standard InChI is InChI=1S/C22H16ClN3OS2/c23-17-11-10-15(13-16(17)21-25-18-8-4-5-9-19(18)29-21)24-22(28)26-20(27)12-14-6-2-1-3-7-14/h1-11,13H,12H2,(H2,24,26,27,28). The minimum atomic E-state index is -0.172. The van der Waals surface area contributed by atoms with Gasteiger partial charge in [-0.15, -0.1) is 11.3 Å². The number of benzene rings is 3. The fraction of sp³-hybridized carbons (Fsp3) is 0.0455. The topological polar surface area (TPSA) is 54.0 Å². The summed E-state index contributed by atoms with van der Waals surface area (Å²) in [6, 6.07) is 23.0. The number of hydrogen-bond donors (Lipinski definition) is 2. The summed E-state index contributed by atoms with van der Waals surface area (Å²) in [7, 11) is 0. The van der Waals surface area contributed by atoms with Gasteiger partial charge >= 0.3 is 0 Å². The van der Waals surface area contributed by atoms with Gasteiger partial charge in [0.25, 0.3) is 0 Å². The molecule has 0 radical (unpaired) electrons. The van der Waals surface area contributed by atoms with Crippen LogP contribution in [-0.4, -0.2) is 16.0 Å². The van der Waals surface area contributed by atoms with Crippen LogP contribution in [0.3, 0.4) is 0 Å². The van der Waals surface area contributed by atoms with Gasteiger partial charge in [-0.3, -0.25) is 4.79 Å². The predicted molar refractivity (Wildman–Crippen MR) is 125 cm³/mol. The molecule has 4 aromatic rings. The monoisotopic (exact) mass is 437 g/mol. The lowest BCUT2D eigenvalue weighted by molar-refractivity contribution is -0.119. The lowest BCUT2D eigenvalue weighted by atomic mass is 10.1. The largest absolute Gasteiger partial charge is 0.332 e. The van der Waals surface area contributed by atoms with E-state index in [1.165, 1.54) is 0 Å². The molecule has 0 aliphatic heterocycles. The van der Waals surface area contributed by atoms with Crippen LogP contribution in [0, 0.1) is 0 Å². The number of para-hydroxylation sites is 1. The van der Waals surface area contributed by atoms with Crippen molar-refractivity contribution in [1.29, 1.82) is 0 Å². The molecule has 1 heterocycles. The maximum Gasteiger partial charge on any atom is 0.230 e. The summed E-state index contributed by atoms with van der Waals surface area (Å²) in [5.41, 5.74) is 3.41. The number of nitrogens with zero attached hydrogens (tertiary/aromatic N) is 1. The first-order valence-electron chi connectivity index (χ1n) is 8.89. The molecule has 1 aromatic heterocycles. The number of anilines is 1. The highest BCUT2D eigenvalue weighted by atomic mass is 35.5. The third kappa shape index (κ3) is 4.79. The van der Waals surface area contributed by atoms with Crippen LogP contribution < -0.4 is 10.6 Å². The normalized spacial score (nSPS) is 10.7. The second kappa shape index (κ2) is 8.69. The average Bonchev–Trinajstić information content (AvgIpc) is 3.14. The quantitative estimate of drug-likeness (QED) is 0.404. The molecule has 0 unspecified atom stereocenters. The van der Waals surface area contributed by atoms with E-state index in [0.29, 0.717) is 5.02 Å².